The van der Waals surface area contributed by atoms with Crippen LogP contribution in [0.5, 0.6) is 0 Å². The molecule has 1 aromatic carbocycles. The number of hydrogen-bond acceptors (Lipinski definition) is 4. The molecule has 3 saturated heterocycles. The lowest BCUT2D eigenvalue weighted by molar-refractivity contribution is 0.249. The van der Waals surface area contributed by atoms with Gasteiger partial charge in [-0.2, -0.15) is 0 Å². The van der Waals surface area contributed by atoms with E-state index in [0.29, 0.717) is 12.6 Å². The van der Waals surface area contributed by atoms with Crippen LogP contribution < -0.4 is 10.2 Å². The fourth-order valence-corrected chi connectivity index (χ4v) is 5.14. The number of likely N-dealkylation sites (tertiary alicyclic amines) is 2. The van der Waals surface area contributed by atoms with Gasteiger partial charge in [-0.25, -0.2) is 9.38 Å². The predicted molar refractivity (Wildman–Crippen MR) is 126 cm³/mol. The third kappa shape index (κ3) is 5.50. The van der Waals surface area contributed by atoms with Crippen molar-refractivity contribution in [3.63, 3.8) is 0 Å². The van der Waals surface area contributed by atoms with Crippen LogP contribution in [0.25, 0.3) is 0 Å². The SMILES string of the molecule is CCNC(=NCc1ccc(N2CCN(CC)CC2)c(F)c1)N1CCC(N2CCCC2)C1. The maximum atomic E-state index is 14.9. The molecule has 0 aromatic heterocycles. The third-order valence-corrected chi connectivity index (χ3v) is 7.04. The Morgan fingerprint density at radius 2 is 1.84 bits per heavy atom. The van der Waals surface area contributed by atoms with Gasteiger partial charge in [-0.3, -0.25) is 4.90 Å². The van der Waals surface area contributed by atoms with E-state index in [2.05, 4.69) is 38.8 Å². The molecular formula is C24H39FN6. The lowest BCUT2D eigenvalue weighted by atomic mass is 10.1. The normalized spacial score (nSPS) is 23.7. The molecule has 31 heavy (non-hydrogen) atoms. The van der Waals surface area contributed by atoms with Gasteiger partial charge in [0.25, 0.3) is 0 Å². The number of hydrogen-bond donors (Lipinski definition) is 1. The molecular weight excluding hydrogens is 391 g/mol. The standard InChI is InChI=1S/C24H39FN6/c1-3-26-24(31-12-9-21(19-31)29-10-5-6-11-29)27-18-20-7-8-23(22(25)17-20)30-15-13-28(4-2)14-16-30/h7-8,17,21H,3-6,9-16,18-19H2,1-2H3,(H,26,27). The Kier molecular flexibility index (Phi) is 7.67. The molecule has 1 atom stereocenters. The number of likely N-dealkylation sites (N-methyl/N-ethyl adjacent to an activating group) is 1. The molecule has 0 aliphatic carbocycles. The summed E-state index contributed by atoms with van der Waals surface area (Å²) in [5.74, 6) is 0.835. The summed E-state index contributed by atoms with van der Waals surface area (Å²) in [6.45, 7) is 15.1. The lowest BCUT2D eigenvalue weighted by Gasteiger charge is -2.35. The predicted octanol–water partition coefficient (Wildman–Crippen LogP) is 2.60. The summed E-state index contributed by atoms with van der Waals surface area (Å²) in [6.07, 6.45) is 3.88. The minimum Gasteiger partial charge on any atom is -0.367 e. The highest BCUT2D eigenvalue weighted by Gasteiger charge is 2.30. The molecule has 0 radical (unpaired) electrons. The smallest absolute Gasteiger partial charge is 0.194 e. The molecule has 3 aliphatic heterocycles. The van der Waals surface area contributed by atoms with Crippen molar-refractivity contribution in [2.75, 3.05) is 70.3 Å². The highest BCUT2D eigenvalue weighted by atomic mass is 19.1. The number of guanidine groups is 1. The quantitative estimate of drug-likeness (QED) is 0.555. The first-order valence-electron chi connectivity index (χ1n) is 12.2. The van der Waals surface area contributed by atoms with Crippen molar-refractivity contribution in [3.8, 4) is 0 Å². The van der Waals surface area contributed by atoms with Crippen LogP contribution in [0.15, 0.2) is 23.2 Å². The van der Waals surface area contributed by atoms with Crippen molar-refractivity contribution in [1.29, 1.82) is 0 Å². The highest BCUT2D eigenvalue weighted by Crippen LogP contribution is 2.23. The number of anilines is 1. The number of nitrogens with one attached hydrogen (secondary N) is 1. The zero-order valence-corrected chi connectivity index (χ0v) is 19.3. The summed E-state index contributed by atoms with van der Waals surface area (Å²) in [6, 6.07) is 6.30. The second-order valence-corrected chi connectivity index (χ2v) is 9.01. The topological polar surface area (TPSA) is 37.4 Å². The van der Waals surface area contributed by atoms with E-state index < -0.39 is 0 Å². The van der Waals surface area contributed by atoms with Crippen molar-refractivity contribution < 1.29 is 4.39 Å². The molecule has 0 saturated carbocycles. The molecule has 1 unspecified atom stereocenters. The Morgan fingerprint density at radius 3 is 2.52 bits per heavy atom. The summed E-state index contributed by atoms with van der Waals surface area (Å²) >= 11 is 0. The van der Waals surface area contributed by atoms with Gasteiger partial charge in [0.15, 0.2) is 5.96 Å². The second-order valence-electron chi connectivity index (χ2n) is 9.01. The molecule has 3 heterocycles. The Morgan fingerprint density at radius 1 is 1.06 bits per heavy atom. The Bertz CT molecular complexity index is 740. The first kappa shape index (κ1) is 22.3. The van der Waals surface area contributed by atoms with Crippen LogP contribution in [-0.2, 0) is 6.54 Å². The van der Waals surface area contributed by atoms with Crippen LogP contribution in [0.1, 0.15) is 38.7 Å². The molecule has 6 nitrogen and oxygen atoms in total. The van der Waals surface area contributed by atoms with E-state index in [4.69, 9.17) is 4.99 Å². The fourth-order valence-electron chi connectivity index (χ4n) is 5.14. The van der Waals surface area contributed by atoms with E-state index >= 15 is 0 Å². The number of halogens is 1. The van der Waals surface area contributed by atoms with Crippen molar-refractivity contribution in [2.24, 2.45) is 4.99 Å². The van der Waals surface area contributed by atoms with E-state index in [0.717, 1.165) is 69.6 Å². The van der Waals surface area contributed by atoms with Crippen LogP contribution in [0.2, 0.25) is 0 Å². The monoisotopic (exact) mass is 430 g/mol. The van der Waals surface area contributed by atoms with Gasteiger partial charge in [0.05, 0.1) is 12.2 Å². The minimum atomic E-state index is -0.127. The van der Waals surface area contributed by atoms with E-state index in [9.17, 15) is 4.39 Å². The van der Waals surface area contributed by atoms with Crippen LogP contribution >= 0.6 is 0 Å². The molecule has 7 heteroatoms. The maximum Gasteiger partial charge on any atom is 0.194 e. The van der Waals surface area contributed by atoms with Gasteiger partial charge in [-0.05, 0) is 63.5 Å². The molecule has 172 valence electrons. The molecule has 1 aromatic rings. The molecule has 3 aliphatic rings. The van der Waals surface area contributed by atoms with Gasteiger partial charge in [0.1, 0.15) is 5.82 Å². The number of aliphatic imine (C=N–C) groups is 1. The van der Waals surface area contributed by atoms with Crippen molar-refractivity contribution >= 4 is 11.6 Å². The summed E-state index contributed by atoms with van der Waals surface area (Å²) in [7, 11) is 0. The molecule has 0 amide bonds. The molecule has 0 spiro atoms. The van der Waals surface area contributed by atoms with Gasteiger partial charge < -0.3 is 20.0 Å². The molecule has 0 bridgehead atoms. The highest BCUT2D eigenvalue weighted by molar-refractivity contribution is 5.80. The molecule has 4 rings (SSSR count). The summed E-state index contributed by atoms with van der Waals surface area (Å²) in [5.41, 5.74) is 1.66. The second kappa shape index (κ2) is 10.6. The van der Waals surface area contributed by atoms with Crippen molar-refractivity contribution in [2.45, 2.75) is 45.7 Å². The van der Waals surface area contributed by atoms with Crippen LogP contribution in [-0.4, -0.2) is 92.1 Å². The Labute approximate surface area is 187 Å². The first-order valence-corrected chi connectivity index (χ1v) is 12.2. The number of piperazine rings is 1. The molecule has 1 N–H and O–H groups in total. The van der Waals surface area contributed by atoms with Crippen LogP contribution in [0.3, 0.4) is 0 Å². The van der Waals surface area contributed by atoms with Gasteiger partial charge in [0, 0.05) is 51.9 Å². The van der Waals surface area contributed by atoms with Crippen molar-refractivity contribution in [1.82, 2.24) is 20.0 Å². The van der Waals surface area contributed by atoms with Gasteiger partial charge in [-0.15, -0.1) is 0 Å². The summed E-state index contributed by atoms with van der Waals surface area (Å²) < 4.78 is 14.9. The van der Waals surface area contributed by atoms with Crippen LogP contribution in [0, 0.1) is 5.82 Å². The van der Waals surface area contributed by atoms with E-state index in [1.54, 1.807) is 6.07 Å². The Balaban J connectivity index is 1.37. The van der Waals surface area contributed by atoms with Crippen molar-refractivity contribution in [3.05, 3.63) is 29.6 Å². The Hall–Kier alpha value is -1.86. The average Bonchev–Trinajstić information content (AvgIpc) is 3.49. The van der Waals surface area contributed by atoms with E-state index in [-0.39, 0.29) is 5.82 Å². The summed E-state index contributed by atoms with van der Waals surface area (Å²) in [5, 5.41) is 3.44. The van der Waals surface area contributed by atoms with Gasteiger partial charge in [0.2, 0.25) is 0 Å². The fraction of sp³-hybridized carbons (Fsp3) is 0.708. The zero-order chi connectivity index (χ0) is 21.6. The van der Waals surface area contributed by atoms with Gasteiger partial charge >= 0.3 is 0 Å². The zero-order valence-electron chi connectivity index (χ0n) is 19.3. The number of benzene rings is 1. The van der Waals surface area contributed by atoms with Gasteiger partial charge in [-0.1, -0.05) is 13.0 Å². The largest absolute Gasteiger partial charge is 0.367 e. The van der Waals surface area contributed by atoms with E-state index in [1.807, 2.05) is 12.1 Å². The number of nitrogens with zero attached hydrogens (tertiary/aromatic N) is 5. The maximum absolute atomic E-state index is 14.9. The first-order chi connectivity index (χ1) is 15.2. The number of rotatable bonds is 6. The molecule has 3 fully saturated rings. The third-order valence-electron chi connectivity index (χ3n) is 7.04. The van der Waals surface area contributed by atoms with E-state index in [1.165, 1.54) is 32.4 Å². The minimum absolute atomic E-state index is 0.127. The van der Waals surface area contributed by atoms with Crippen LogP contribution in [0.4, 0.5) is 10.1 Å². The summed E-state index contributed by atoms with van der Waals surface area (Å²) in [4.78, 5) is 14.5. The lowest BCUT2D eigenvalue weighted by Crippen LogP contribution is -2.46. The average molecular weight is 431 g/mol.